The van der Waals surface area contributed by atoms with Crippen LogP contribution >= 0.6 is 0 Å². The molecule has 3 rings (SSSR count). The van der Waals surface area contributed by atoms with Gasteiger partial charge >= 0.3 is 0 Å². The molecule has 2 aromatic carbocycles. The summed E-state index contributed by atoms with van der Waals surface area (Å²) in [6.45, 7) is 3.54. The fourth-order valence-electron chi connectivity index (χ4n) is 3.69. The molecular formula is C23H32N3O3+. The quantitative estimate of drug-likeness (QED) is 0.678. The van der Waals surface area contributed by atoms with Gasteiger partial charge in [-0.05, 0) is 54.8 Å². The molecule has 156 valence electrons. The number of rotatable bonds is 9. The number of amides is 1. The molecule has 1 fully saturated rings. The van der Waals surface area contributed by atoms with Crippen LogP contribution in [0.4, 0.5) is 11.4 Å². The standard InChI is InChI=1S/C23H31N3O3/c1-25(15-12-18-6-11-21(28-2)22(16-18)29-3)17-23(27)24-19-7-9-20(10-8-19)26-13-4-5-14-26/h6-11,16H,4-5,12-15,17H2,1-3H3,(H,24,27)/p+1. The second-order valence-electron chi connectivity index (χ2n) is 7.61. The van der Waals surface area contributed by atoms with Gasteiger partial charge < -0.3 is 24.6 Å². The van der Waals surface area contributed by atoms with Gasteiger partial charge in [-0.1, -0.05) is 6.07 Å². The first kappa shape index (κ1) is 21.0. The summed E-state index contributed by atoms with van der Waals surface area (Å²) in [7, 11) is 5.31. The molecule has 1 unspecified atom stereocenters. The molecule has 0 spiro atoms. The van der Waals surface area contributed by atoms with Crippen molar-refractivity contribution in [2.24, 2.45) is 0 Å². The maximum atomic E-state index is 12.4. The summed E-state index contributed by atoms with van der Waals surface area (Å²) in [6.07, 6.45) is 3.39. The Morgan fingerprint density at radius 1 is 1.03 bits per heavy atom. The molecule has 0 saturated carbocycles. The second-order valence-corrected chi connectivity index (χ2v) is 7.61. The summed E-state index contributed by atoms with van der Waals surface area (Å²) >= 11 is 0. The van der Waals surface area contributed by atoms with E-state index in [2.05, 4.69) is 22.3 Å². The van der Waals surface area contributed by atoms with E-state index in [1.54, 1.807) is 14.2 Å². The Hall–Kier alpha value is -2.73. The van der Waals surface area contributed by atoms with Gasteiger partial charge in [0.05, 0.1) is 27.8 Å². The lowest BCUT2D eigenvalue weighted by Crippen LogP contribution is -3.10. The maximum absolute atomic E-state index is 12.4. The topological polar surface area (TPSA) is 55.2 Å². The van der Waals surface area contributed by atoms with Crippen LogP contribution in [0.25, 0.3) is 0 Å². The molecule has 0 aliphatic carbocycles. The molecule has 1 heterocycles. The molecule has 1 saturated heterocycles. The summed E-state index contributed by atoms with van der Waals surface area (Å²) in [5, 5.41) is 3.01. The van der Waals surface area contributed by atoms with E-state index in [1.807, 2.05) is 37.4 Å². The van der Waals surface area contributed by atoms with E-state index >= 15 is 0 Å². The van der Waals surface area contributed by atoms with Crippen molar-refractivity contribution in [3.05, 3.63) is 48.0 Å². The van der Waals surface area contributed by atoms with E-state index < -0.39 is 0 Å². The first-order valence-corrected chi connectivity index (χ1v) is 10.3. The molecule has 29 heavy (non-hydrogen) atoms. The Labute approximate surface area is 173 Å². The van der Waals surface area contributed by atoms with Crippen molar-refractivity contribution in [1.29, 1.82) is 0 Å². The summed E-state index contributed by atoms with van der Waals surface area (Å²) in [5.41, 5.74) is 3.25. The minimum absolute atomic E-state index is 0.0312. The van der Waals surface area contributed by atoms with Gasteiger partial charge in [-0.15, -0.1) is 0 Å². The molecule has 6 heteroatoms. The van der Waals surface area contributed by atoms with Crippen molar-refractivity contribution in [1.82, 2.24) is 0 Å². The van der Waals surface area contributed by atoms with Crippen molar-refractivity contribution in [2.45, 2.75) is 19.3 Å². The Kier molecular flexibility index (Phi) is 7.36. The van der Waals surface area contributed by atoms with Crippen molar-refractivity contribution in [3.63, 3.8) is 0 Å². The van der Waals surface area contributed by atoms with Crippen molar-refractivity contribution >= 4 is 17.3 Å². The summed E-state index contributed by atoms with van der Waals surface area (Å²) in [5.74, 6) is 1.49. The average Bonchev–Trinajstić information content (AvgIpc) is 3.27. The van der Waals surface area contributed by atoms with E-state index in [0.717, 1.165) is 48.1 Å². The monoisotopic (exact) mass is 398 g/mol. The minimum Gasteiger partial charge on any atom is -0.493 e. The van der Waals surface area contributed by atoms with E-state index in [9.17, 15) is 4.79 Å². The lowest BCUT2D eigenvalue weighted by Gasteiger charge is -2.18. The van der Waals surface area contributed by atoms with Gasteiger partial charge in [0.2, 0.25) is 0 Å². The van der Waals surface area contributed by atoms with Crippen LogP contribution in [0.1, 0.15) is 18.4 Å². The van der Waals surface area contributed by atoms with Crippen LogP contribution in [-0.2, 0) is 11.2 Å². The Morgan fingerprint density at radius 2 is 1.72 bits per heavy atom. The number of carbonyl (C=O) groups is 1. The third kappa shape index (κ3) is 5.87. The zero-order chi connectivity index (χ0) is 20.6. The zero-order valence-electron chi connectivity index (χ0n) is 17.7. The summed E-state index contributed by atoms with van der Waals surface area (Å²) in [6, 6.07) is 14.1. The second kappa shape index (κ2) is 10.2. The molecule has 1 amide bonds. The Balaban J connectivity index is 1.45. The number of ether oxygens (including phenoxy) is 2. The van der Waals surface area contributed by atoms with E-state index in [0.29, 0.717) is 6.54 Å². The molecule has 0 bridgehead atoms. The molecule has 2 N–H and O–H groups in total. The molecule has 6 nitrogen and oxygen atoms in total. The number of nitrogens with one attached hydrogen (secondary N) is 2. The lowest BCUT2D eigenvalue weighted by molar-refractivity contribution is -0.870. The number of quaternary nitrogens is 1. The molecular weight excluding hydrogens is 366 g/mol. The molecule has 1 aliphatic rings. The highest BCUT2D eigenvalue weighted by molar-refractivity contribution is 5.91. The highest BCUT2D eigenvalue weighted by Gasteiger charge is 2.14. The van der Waals surface area contributed by atoms with Crippen LogP contribution in [0.5, 0.6) is 11.5 Å². The zero-order valence-corrected chi connectivity index (χ0v) is 17.7. The third-order valence-corrected chi connectivity index (χ3v) is 5.37. The average molecular weight is 399 g/mol. The number of benzene rings is 2. The fraction of sp³-hybridized carbons (Fsp3) is 0.435. The number of anilines is 2. The van der Waals surface area contributed by atoms with Gasteiger partial charge in [0.1, 0.15) is 0 Å². The number of carbonyl (C=O) groups excluding carboxylic acids is 1. The summed E-state index contributed by atoms with van der Waals surface area (Å²) in [4.78, 5) is 15.9. The number of hydrogen-bond acceptors (Lipinski definition) is 4. The molecule has 1 aliphatic heterocycles. The molecule has 1 atom stereocenters. The van der Waals surface area contributed by atoms with Crippen LogP contribution in [0.2, 0.25) is 0 Å². The van der Waals surface area contributed by atoms with Crippen LogP contribution in [0.15, 0.2) is 42.5 Å². The van der Waals surface area contributed by atoms with E-state index in [-0.39, 0.29) is 5.91 Å². The lowest BCUT2D eigenvalue weighted by atomic mass is 10.1. The van der Waals surface area contributed by atoms with Crippen LogP contribution in [-0.4, -0.2) is 53.4 Å². The number of hydrogen-bond donors (Lipinski definition) is 2. The first-order chi connectivity index (χ1) is 14.1. The first-order valence-electron chi connectivity index (χ1n) is 10.3. The molecule has 2 aromatic rings. The van der Waals surface area contributed by atoms with Gasteiger partial charge in [-0.3, -0.25) is 4.79 Å². The van der Waals surface area contributed by atoms with Gasteiger partial charge in [-0.25, -0.2) is 0 Å². The minimum atomic E-state index is 0.0312. The number of methoxy groups -OCH3 is 2. The van der Waals surface area contributed by atoms with Crippen LogP contribution in [0, 0.1) is 0 Å². The number of nitrogens with zero attached hydrogens (tertiary/aromatic N) is 1. The van der Waals surface area contributed by atoms with Gasteiger partial charge in [0, 0.05) is 30.9 Å². The maximum Gasteiger partial charge on any atom is 0.279 e. The van der Waals surface area contributed by atoms with Crippen LogP contribution in [0.3, 0.4) is 0 Å². The van der Waals surface area contributed by atoms with Crippen LogP contribution < -0.4 is 24.6 Å². The largest absolute Gasteiger partial charge is 0.493 e. The Morgan fingerprint density at radius 3 is 2.38 bits per heavy atom. The van der Waals surface area contributed by atoms with E-state index in [4.69, 9.17) is 9.47 Å². The van der Waals surface area contributed by atoms with Crippen molar-refractivity contribution in [2.75, 3.05) is 57.7 Å². The smallest absolute Gasteiger partial charge is 0.279 e. The number of likely N-dealkylation sites (N-methyl/N-ethyl adjacent to an activating group) is 1. The predicted octanol–water partition coefficient (Wildman–Crippen LogP) is 2.00. The molecule has 0 aromatic heterocycles. The van der Waals surface area contributed by atoms with E-state index in [1.165, 1.54) is 24.1 Å². The van der Waals surface area contributed by atoms with Gasteiger partial charge in [-0.2, -0.15) is 0 Å². The molecule has 0 radical (unpaired) electrons. The highest BCUT2D eigenvalue weighted by atomic mass is 16.5. The van der Waals surface area contributed by atoms with Gasteiger partial charge in [0.15, 0.2) is 18.0 Å². The predicted molar refractivity (Wildman–Crippen MR) is 116 cm³/mol. The summed E-state index contributed by atoms with van der Waals surface area (Å²) < 4.78 is 10.6. The van der Waals surface area contributed by atoms with Crippen molar-refractivity contribution in [3.8, 4) is 11.5 Å². The Bertz CT molecular complexity index is 802. The third-order valence-electron chi connectivity index (χ3n) is 5.37. The SMILES string of the molecule is COc1ccc(CC[NH+](C)CC(=O)Nc2ccc(N3CCCC3)cc2)cc1OC. The fourth-order valence-corrected chi connectivity index (χ4v) is 3.69. The highest BCUT2D eigenvalue weighted by Crippen LogP contribution is 2.27. The normalized spacial score (nSPS) is 14.5. The van der Waals surface area contributed by atoms with Crippen molar-refractivity contribution < 1.29 is 19.2 Å². The van der Waals surface area contributed by atoms with Gasteiger partial charge in [0.25, 0.3) is 5.91 Å².